The van der Waals surface area contributed by atoms with E-state index >= 15 is 0 Å². The summed E-state index contributed by atoms with van der Waals surface area (Å²) in [7, 11) is 0. The van der Waals surface area contributed by atoms with Gasteiger partial charge in [0, 0.05) is 36.3 Å². The Labute approximate surface area is 147 Å². The van der Waals surface area contributed by atoms with Gasteiger partial charge in [-0.25, -0.2) is 4.98 Å². The quantitative estimate of drug-likeness (QED) is 0.861. The minimum absolute atomic E-state index is 0. The molecule has 1 aromatic rings. The summed E-state index contributed by atoms with van der Waals surface area (Å²) in [5, 5.41) is 3.75. The van der Waals surface area contributed by atoms with Gasteiger partial charge in [-0.1, -0.05) is 6.92 Å². The Morgan fingerprint density at radius 3 is 2.86 bits per heavy atom. The number of aromatic nitrogens is 1. The highest BCUT2D eigenvalue weighted by atomic mass is 35.5. The number of hydrogen-bond donors (Lipinski definition) is 2. The minimum atomic E-state index is 0. The van der Waals surface area contributed by atoms with E-state index in [4.69, 9.17) is 5.73 Å². The summed E-state index contributed by atoms with van der Waals surface area (Å²) in [5.41, 5.74) is 7.03. The third kappa shape index (κ3) is 4.32. The van der Waals surface area contributed by atoms with Crippen molar-refractivity contribution < 1.29 is 4.79 Å². The van der Waals surface area contributed by atoms with Crippen molar-refractivity contribution in [3.63, 3.8) is 0 Å². The molecular formula is C14H24Cl2N4OS. The number of nitrogens with zero attached hydrogens (tertiary/aromatic N) is 2. The predicted molar refractivity (Wildman–Crippen MR) is 95.2 cm³/mol. The first-order valence-corrected chi connectivity index (χ1v) is 8.24. The van der Waals surface area contributed by atoms with E-state index in [1.807, 2.05) is 0 Å². The van der Waals surface area contributed by atoms with E-state index in [9.17, 15) is 4.79 Å². The summed E-state index contributed by atoms with van der Waals surface area (Å²) < 4.78 is 0. The maximum Gasteiger partial charge on any atom is 0.229 e. The molecule has 1 aliphatic heterocycles. The zero-order chi connectivity index (χ0) is 14.1. The van der Waals surface area contributed by atoms with Crippen LogP contribution in [0, 0.1) is 5.92 Å². The summed E-state index contributed by atoms with van der Waals surface area (Å²) >= 11 is 1.63. The van der Waals surface area contributed by atoms with Gasteiger partial charge in [0.15, 0.2) is 5.13 Å². The number of nitrogens with two attached hydrogens (primary N) is 1. The van der Waals surface area contributed by atoms with Crippen LogP contribution in [0.5, 0.6) is 0 Å². The molecule has 3 N–H and O–H groups in total. The number of halogens is 2. The van der Waals surface area contributed by atoms with Crippen molar-refractivity contribution in [2.75, 3.05) is 18.4 Å². The molecule has 1 aliphatic carbocycles. The molecule has 2 aliphatic rings. The van der Waals surface area contributed by atoms with Gasteiger partial charge in [0.2, 0.25) is 5.91 Å². The van der Waals surface area contributed by atoms with Crippen LogP contribution < -0.4 is 11.1 Å². The lowest BCUT2D eigenvalue weighted by molar-refractivity contribution is -0.119. The number of anilines is 1. The number of likely N-dealkylation sites (N-methyl/N-ethyl adjacent to an activating group) is 1. The van der Waals surface area contributed by atoms with Crippen molar-refractivity contribution in [2.24, 2.45) is 11.7 Å². The van der Waals surface area contributed by atoms with Gasteiger partial charge in [-0.05, 0) is 25.8 Å². The highest BCUT2D eigenvalue weighted by Gasteiger charge is 2.29. The molecule has 1 fully saturated rings. The molecule has 126 valence electrons. The second-order valence-corrected chi connectivity index (χ2v) is 6.85. The van der Waals surface area contributed by atoms with E-state index in [2.05, 4.69) is 22.1 Å². The molecule has 0 aromatic carbocycles. The van der Waals surface area contributed by atoms with Crippen molar-refractivity contribution in [1.82, 2.24) is 9.88 Å². The van der Waals surface area contributed by atoms with Crippen LogP contribution in [-0.4, -0.2) is 34.9 Å². The van der Waals surface area contributed by atoms with Crippen LogP contribution in [-0.2, 0) is 17.8 Å². The lowest BCUT2D eigenvalue weighted by Crippen LogP contribution is -2.29. The second kappa shape index (κ2) is 8.45. The zero-order valence-electron chi connectivity index (χ0n) is 12.7. The van der Waals surface area contributed by atoms with Gasteiger partial charge < -0.3 is 11.1 Å². The van der Waals surface area contributed by atoms with Crippen LogP contribution in [0.25, 0.3) is 0 Å². The molecule has 1 saturated carbocycles. The zero-order valence-corrected chi connectivity index (χ0v) is 15.2. The third-order valence-electron chi connectivity index (χ3n) is 4.33. The molecule has 1 aromatic heterocycles. The Kier molecular flexibility index (Phi) is 7.55. The minimum Gasteiger partial charge on any atom is -0.328 e. The van der Waals surface area contributed by atoms with Crippen LogP contribution in [0.15, 0.2) is 0 Å². The van der Waals surface area contributed by atoms with Gasteiger partial charge >= 0.3 is 0 Å². The standard InChI is InChI=1S/C14H22N4OS.2ClH/c1-2-18-6-5-11-12(8-18)20-14(16-11)17-13(19)9-3-4-10(15)7-9;;/h9-10H,2-8,15H2,1H3,(H,16,17,19);2*1H. The third-order valence-corrected chi connectivity index (χ3v) is 5.33. The number of fused-ring (bicyclic) bond motifs is 1. The SMILES string of the molecule is CCN1CCc2nc(NC(=O)C3CCC(N)C3)sc2C1.Cl.Cl. The molecule has 2 unspecified atom stereocenters. The molecule has 0 saturated heterocycles. The number of nitrogens with one attached hydrogen (secondary N) is 1. The van der Waals surface area contributed by atoms with Crippen LogP contribution in [0.2, 0.25) is 0 Å². The fourth-order valence-corrected chi connectivity index (χ4v) is 4.09. The topological polar surface area (TPSA) is 71.2 Å². The maximum atomic E-state index is 12.2. The first-order chi connectivity index (χ1) is 9.65. The van der Waals surface area contributed by atoms with Crippen molar-refractivity contribution in [2.45, 2.75) is 45.2 Å². The number of carbonyl (C=O) groups is 1. The molecule has 1 amide bonds. The Morgan fingerprint density at radius 2 is 2.23 bits per heavy atom. The van der Waals surface area contributed by atoms with Crippen molar-refractivity contribution in [3.05, 3.63) is 10.6 Å². The Balaban J connectivity index is 0.00000121. The number of amides is 1. The fourth-order valence-electron chi connectivity index (χ4n) is 3.03. The van der Waals surface area contributed by atoms with Gasteiger partial charge in [0.05, 0.1) is 5.69 Å². The summed E-state index contributed by atoms with van der Waals surface area (Å²) in [4.78, 5) is 20.5. The van der Waals surface area contributed by atoms with E-state index < -0.39 is 0 Å². The summed E-state index contributed by atoms with van der Waals surface area (Å²) in [6, 6.07) is 0.188. The molecule has 8 heteroatoms. The van der Waals surface area contributed by atoms with Crippen molar-refractivity contribution >= 4 is 47.2 Å². The van der Waals surface area contributed by atoms with E-state index in [0.29, 0.717) is 0 Å². The molecular weight excluding hydrogens is 343 g/mol. The highest BCUT2D eigenvalue weighted by molar-refractivity contribution is 7.15. The molecule has 0 radical (unpaired) electrons. The largest absolute Gasteiger partial charge is 0.328 e. The van der Waals surface area contributed by atoms with E-state index in [1.165, 1.54) is 4.88 Å². The lowest BCUT2D eigenvalue weighted by Gasteiger charge is -2.23. The van der Waals surface area contributed by atoms with E-state index in [0.717, 1.165) is 56.1 Å². The summed E-state index contributed by atoms with van der Waals surface area (Å²) in [6.07, 6.45) is 3.66. The van der Waals surface area contributed by atoms with Crippen molar-refractivity contribution in [3.8, 4) is 0 Å². The van der Waals surface area contributed by atoms with Gasteiger partial charge in [-0.2, -0.15) is 0 Å². The molecule has 2 atom stereocenters. The second-order valence-electron chi connectivity index (χ2n) is 5.77. The number of rotatable bonds is 3. The Morgan fingerprint density at radius 1 is 1.45 bits per heavy atom. The normalized spacial score (nSPS) is 24.1. The molecule has 5 nitrogen and oxygen atoms in total. The van der Waals surface area contributed by atoms with Crippen LogP contribution >= 0.6 is 36.2 Å². The molecule has 3 rings (SSSR count). The molecule has 22 heavy (non-hydrogen) atoms. The molecule has 0 bridgehead atoms. The summed E-state index contributed by atoms with van der Waals surface area (Å²) in [5.74, 6) is 0.162. The average molecular weight is 367 g/mol. The van der Waals surface area contributed by atoms with Crippen molar-refractivity contribution in [1.29, 1.82) is 0 Å². The van der Waals surface area contributed by atoms with Gasteiger partial charge in [-0.3, -0.25) is 9.69 Å². The molecule has 2 heterocycles. The number of thiazole rings is 1. The number of carbonyl (C=O) groups excluding carboxylic acids is 1. The van der Waals surface area contributed by atoms with Crippen LogP contribution in [0.1, 0.15) is 36.8 Å². The molecule has 0 spiro atoms. The lowest BCUT2D eigenvalue weighted by atomic mass is 10.1. The highest BCUT2D eigenvalue weighted by Crippen LogP contribution is 2.30. The first kappa shape index (κ1) is 19.6. The predicted octanol–water partition coefficient (Wildman–Crippen LogP) is 2.43. The first-order valence-electron chi connectivity index (χ1n) is 7.43. The van der Waals surface area contributed by atoms with Gasteiger partial charge in [0.1, 0.15) is 0 Å². The Bertz CT molecular complexity index is 511. The van der Waals surface area contributed by atoms with Gasteiger partial charge in [-0.15, -0.1) is 36.2 Å². The maximum absolute atomic E-state index is 12.2. The smallest absolute Gasteiger partial charge is 0.229 e. The van der Waals surface area contributed by atoms with Crippen LogP contribution in [0.3, 0.4) is 0 Å². The fraction of sp³-hybridized carbons (Fsp3) is 0.714. The van der Waals surface area contributed by atoms with E-state index in [1.54, 1.807) is 11.3 Å². The number of hydrogen-bond acceptors (Lipinski definition) is 5. The van der Waals surface area contributed by atoms with Crippen LogP contribution in [0.4, 0.5) is 5.13 Å². The van der Waals surface area contributed by atoms with E-state index in [-0.39, 0.29) is 42.7 Å². The summed E-state index contributed by atoms with van der Waals surface area (Å²) in [6.45, 7) is 5.28. The Hall–Kier alpha value is -0.400. The monoisotopic (exact) mass is 366 g/mol. The van der Waals surface area contributed by atoms with Gasteiger partial charge in [0.25, 0.3) is 0 Å². The average Bonchev–Trinajstić information content (AvgIpc) is 3.03.